The molecule has 0 spiro atoms. The van der Waals surface area contributed by atoms with E-state index in [1.165, 1.54) is 4.31 Å². The Labute approximate surface area is 189 Å². The van der Waals surface area contributed by atoms with Crippen LogP contribution in [0.15, 0.2) is 83.8 Å². The highest BCUT2D eigenvalue weighted by atomic mass is 32.2. The molecule has 0 aromatic heterocycles. The van der Waals surface area contributed by atoms with Crippen molar-refractivity contribution in [3.8, 4) is 5.75 Å². The smallest absolute Gasteiger partial charge is 0.264 e. The first-order chi connectivity index (χ1) is 15.3. The molecule has 0 unspecified atom stereocenters. The summed E-state index contributed by atoms with van der Waals surface area (Å²) in [5.74, 6) is 0.275. The number of rotatable bonds is 9. The second-order valence-corrected chi connectivity index (χ2v) is 9.68. The topological polar surface area (TPSA) is 75.7 Å². The molecule has 3 aromatic rings. The lowest BCUT2D eigenvalue weighted by Crippen LogP contribution is -2.34. The van der Waals surface area contributed by atoms with Crippen molar-refractivity contribution in [1.82, 2.24) is 5.32 Å². The number of benzene rings is 3. The number of ether oxygens (including phenoxy) is 1. The van der Waals surface area contributed by atoms with Gasteiger partial charge in [-0.3, -0.25) is 9.10 Å². The largest absolute Gasteiger partial charge is 0.484 e. The predicted molar refractivity (Wildman–Crippen MR) is 126 cm³/mol. The predicted octanol–water partition coefficient (Wildman–Crippen LogP) is 4.29. The lowest BCUT2D eigenvalue weighted by atomic mass is 10.2. The van der Waals surface area contributed by atoms with Gasteiger partial charge in [-0.1, -0.05) is 48.0 Å². The number of carbonyl (C=O) groups is 1. The van der Waals surface area contributed by atoms with Gasteiger partial charge in [0.05, 0.1) is 17.1 Å². The van der Waals surface area contributed by atoms with Crippen molar-refractivity contribution in [2.24, 2.45) is 0 Å². The van der Waals surface area contributed by atoms with E-state index in [0.717, 1.165) is 11.1 Å². The first-order valence-corrected chi connectivity index (χ1v) is 11.9. The van der Waals surface area contributed by atoms with Crippen LogP contribution in [0.4, 0.5) is 5.69 Å². The molecule has 6 nitrogen and oxygen atoms in total. The van der Waals surface area contributed by atoms with Crippen molar-refractivity contribution < 1.29 is 17.9 Å². The maximum atomic E-state index is 13.5. The minimum Gasteiger partial charge on any atom is -0.484 e. The highest BCUT2D eigenvalue weighted by Gasteiger charge is 2.25. The molecule has 0 aliphatic heterocycles. The molecule has 1 N–H and O–H groups in total. The van der Waals surface area contributed by atoms with Crippen LogP contribution in [0.1, 0.15) is 25.0 Å². The van der Waals surface area contributed by atoms with E-state index in [0.29, 0.717) is 11.4 Å². The average molecular weight is 453 g/mol. The van der Waals surface area contributed by atoms with Gasteiger partial charge in [-0.15, -0.1) is 0 Å². The number of nitrogens with zero attached hydrogens (tertiary/aromatic N) is 1. The molecule has 0 fully saturated rings. The molecule has 3 aromatic carbocycles. The normalized spacial score (nSPS) is 11.2. The van der Waals surface area contributed by atoms with Gasteiger partial charge in [-0.05, 0) is 62.7 Å². The van der Waals surface area contributed by atoms with E-state index in [1.54, 1.807) is 48.5 Å². The van der Waals surface area contributed by atoms with Gasteiger partial charge in [0.15, 0.2) is 6.61 Å². The quantitative estimate of drug-likeness (QED) is 0.525. The second kappa shape index (κ2) is 10.3. The molecule has 168 valence electrons. The van der Waals surface area contributed by atoms with Crippen LogP contribution in [-0.2, 0) is 21.4 Å². The Bertz CT molecular complexity index is 1130. The Balaban J connectivity index is 1.86. The molecule has 7 heteroatoms. The highest BCUT2D eigenvalue weighted by molar-refractivity contribution is 7.92. The molecule has 32 heavy (non-hydrogen) atoms. The maximum absolute atomic E-state index is 13.5. The SMILES string of the molecule is Cc1ccc(S(=O)(=O)N(Cc2ccccc2)c2ccc(OCC(=O)NC(C)C)cc2)cc1. The standard InChI is InChI=1S/C25H28N2O4S/c1-19(2)26-25(28)18-31-23-13-11-22(12-14-23)27(17-21-7-5-4-6-8-21)32(29,30)24-15-9-20(3)10-16-24/h4-16,19H,17-18H2,1-3H3,(H,26,28). The fraction of sp³-hybridized carbons (Fsp3) is 0.240. The summed E-state index contributed by atoms with van der Waals surface area (Å²) >= 11 is 0. The van der Waals surface area contributed by atoms with E-state index in [-0.39, 0.29) is 30.0 Å². The molecule has 3 rings (SSSR count). The first kappa shape index (κ1) is 23.3. The number of carbonyl (C=O) groups excluding carboxylic acids is 1. The van der Waals surface area contributed by atoms with Crippen LogP contribution in [0.25, 0.3) is 0 Å². The first-order valence-electron chi connectivity index (χ1n) is 10.4. The summed E-state index contributed by atoms with van der Waals surface area (Å²) in [4.78, 5) is 12.0. The monoisotopic (exact) mass is 452 g/mol. The lowest BCUT2D eigenvalue weighted by molar-refractivity contribution is -0.123. The minimum atomic E-state index is -3.79. The van der Waals surface area contributed by atoms with Gasteiger partial charge in [0, 0.05) is 6.04 Å². The highest BCUT2D eigenvalue weighted by Crippen LogP contribution is 2.28. The van der Waals surface area contributed by atoms with Crippen LogP contribution in [-0.4, -0.2) is 27.0 Å². The van der Waals surface area contributed by atoms with E-state index in [2.05, 4.69) is 5.32 Å². The van der Waals surface area contributed by atoms with Gasteiger partial charge < -0.3 is 10.1 Å². The fourth-order valence-electron chi connectivity index (χ4n) is 3.12. The zero-order valence-corrected chi connectivity index (χ0v) is 19.3. The average Bonchev–Trinajstić information content (AvgIpc) is 2.77. The Morgan fingerprint density at radius 2 is 1.56 bits per heavy atom. The molecule has 0 heterocycles. The van der Waals surface area contributed by atoms with Crippen molar-refractivity contribution >= 4 is 21.6 Å². The van der Waals surface area contributed by atoms with Crippen LogP contribution < -0.4 is 14.4 Å². The van der Waals surface area contributed by atoms with Gasteiger partial charge >= 0.3 is 0 Å². The number of sulfonamides is 1. The van der Waals surface area contributed by atoms with Gasteiger partial charge in [-0.25, -0.2) is 8.42 Å². The van der Waals surface area contributed by atoms with Crippen molar-refractivity contribution in [2.75, 3.05) is 10.9 Å². The van der Waals surface area contributed by atoms with Crippen LogP contribution in [0, 0.1) is 6.92 Å². The molecule has 0 saturated heterocycles. The number of nitrogens with one attached hydrogen (secondary N) is 1. The Morgan fingerprint density at radius 1 is 0.938 bits per heavy atom. The molecule has 1 amide bonds. The van der Waals surface area contributed by atoms with Crippen LogP contribution in [0.2, 0.25) is 0 Å². The summed E-state index contributed by atoms with van der Waals surface area (Å²) in [7, 11) is -3.79. The Hall–Kier alpha value is -3.32. The summed E-state index contributed by atoms with van der Waals surface area (Å²) < 4.78 is 33.9. The third-order valence-electron chi connectivity index (χ3n) is 4.72. The minimum absolute atomic E-state index is 0.0343. The number of anilines is 1. The third-order valence-corrected chi connectivity index (χ3v) is 6.51. The van der Waals surface area contributed by atoms with Gasteiger partial charge in [-0.2, -0.15) is 0 Å². The van der Waals surface area contributed by atoms with Gasteiger partial charge in [0.2, 0.25) is 0 Å². The number of hydrogen-bond acceptors (Lipinski definition) is 4. The number of hydrogen-bond donors (Lipinski definition) is 1. The Morgan fingerprint density at radius 3 is 2.16 bits per heavy atom. The molecule has 0 saturated carbocycles. The van der Waals surface area contributed by atoms with Gasteiger partial charge in [0.1, 0.15) is 5.75 Å². The zero-order chi connectivity index (χ0) is 23.1. The summed E-state index contributed by atoms with van der Waals surface area (Å²) in [5.41, 5.74) is 2.36. The summed E-state index contributed by atoms with van der Waals surface area (Å²) in [6.07, 6.45) is 0. The molecule has 0 aliphatic rings. The number of amides is 1. The second-order valence-electron chi connectivity index (χ2n) is 7.82. The molecule has 0 aliphatic carbocycles. The van der Waals surface area contributed by atoms with E-state index in [1.807, 2.05) is 51.1 Å². The molecular weight excluding hydrogens is 424 g/mol. The molecule has 0 atom stereocenters. The Kier molecular flexibility index (Phi) is 7.53. The zero-order valence-electron chi connectivity index (χ0n) is 18.5. The fourth-order valence-corrected chi connectivity index (χ4v) is 4.58. The van der Waals surface area contributed by atoms with E-state index in [4.69, 9.17) is 4.74 Å². The van der Waals surface area contributed by atoms with Crippen LogP contribution in [0.5, 0.6) is 5.75 Å². The molecular formula is C25H28N2O4S. The molecule has 0 radical (unpaired) electrons. The van der Waals surface area contributed by atoms with E-state index < -0.39 is 10.0 Å². The maximum Gasteiger partial charge on any atom is 0.264 e. The van der Waals surface area contributed by atoms with E-state index in [9.17, 15) is 13.2 Å². The van der Waals surface area contributed by atoms with E-state index >= 15 is 0 Å². The van der Waals surface area contributed by atoms with Gasteiger partial charge in [0.25, 0.3) is 15.9 Å². The van der Waals surface area contributed by atoms with Crippen molar-refractivity contribution in [1.29, 1.82) is 0 Å². The lowest BCUT2D eigenvalue weighted by Gasteiger charge is -2.25. The molecule has 0 bridgehead atoms. The summed E-state index contributed by atoms with van der Waals surface area (Å²) in [6, 6.07) is 23.0. The third kappa shape index (κ3) is 6.11. The number of aryl methyl sites for hydroxylation is 1. The van der Waals surface area contributed by atoms with Crippen LogP contribution >= 0.6 is 0 Å². The van der Waals surface area contributed by atoms with Crippen molar-refractivity contribution in [3.05, 3.63) is 90.0 Å². The van der Waals surface area contributed by atoms with Crippen molar-refractivity contribution in [3.63, 3.8) is 0 Å². The van der Waals surface area contributed by atoms with Crippen LogP contribution in [0.3, 0.4) is 0 Å². The summed E-state index contributed by atoms with van der Waals surface area (Å²) in [5, 5.41) is 2.76. The summed E-state index contributed by atoms with van der Waals surface area (Å²) in [6.45, 7) is 5.75. The van der Waals surface area contributed by atoms with Crippen molar-refractivity contribution in [2.45, 2.75) is 38.3 Å².